The summed E-state index contributed by atoms with van der Waals surface area (Å²) in [5.74, 6) is 2.59. The molecule has 2 N–H and O–H groups in total. The minimum atomic E-state index is -1.28. The normalized spacial score (nSPS) is 10.9. The first kappa shape index (κ1) is 44.8. The predicted molar refractivity (Wildman–Crippen MR) is 273 cm³/mol. The second-order valence-electron chi connectivity index (χ2n) is 15.2. The van der Waals surface area contributed by atoms with Crippen molar-refractivity contribution < 1.29 is 27.3 Å². The molecule has 320 valence electrons. The van der Waals surface area contributed by atoms with Crippen LogP contribution in [0.25, 0.3) is 44.2 Å². The van der Waals surface area contributed by atoms with Gasteiger partial charge in [0, 0.05) is 23.2 Å². The Morgan fingerprint density at radius 1 is 0.415 bits per heavy atom. The number of para-hydroxylation sites is 2. The van der Waals surface area contributed by atoms with Crippen LogP contribution in [0.15, 0.2) is 231 Å². The van der Waals surface area contributed by atoms with E-state index in [0.29, 0.717) is 0 Å². The van der Waals surface area contributed by atoms with E-state index in [4.69, 9.17) is 14.7 Å². The fourth-order valence-corrected chi connectivity index (χ4v) is 13.4. The van der Waals surface area contributed by atoms with Crippen LogP contribution < -0.4 is 41.5 Å². The summed E-state index contributed by atoms with van der Waals surface area (Å²) in [5, 5.41) is 9.86. The summed E-state index contributed by atoms with van der Waals surface area (Å²) in [7, 11) is -2.56. The van der Waals surface area contributed by atoms with E-state index in [9.17, 15) is 0 Å². The number of ether oxygens (including phenoxy) is 1. The molecule has 3 aromatic heterocycles. The van der Waals surface area contributed by atoms with E-state index >= 15 is 0 Å². The molecule has 0 aliphatic carbocycles. The molecule has 0 fully saturated rings. The molecule has 0 bridgehead atoms. The van der Waals surface area contributed by atoms with Crippen LogP contribution in [0.5, 0.6) is 11.5 Å². The Morgan fingerprint density at radius 3 is 1.28 bits per heavy atom. The van der Waals surface area contributed by atoms with Gasteiger partial charge in [0.1, 0.15) is 47.7 Å². The van der Waals surface area contributed by atoms with Crippen LogP contribution >= 0.6 is 15.8 Å². The van der Waals surface area contributed by atoms with Crippen LogP contribution in [0.3, 0.4) is 0 Å². The first-order valence-corrected chi connectivity index (χ1v) is 24.0. The van der Waals surface area contributed by atoms with Gasteiger partial charge < -0.3 is 20.2 Å². The molecule has 0 amide bonds. The van der Waals surface area contributed by atoms with Crippen molar-refractivity contribution in [1.29, 1.82) is 0 Å². The zero-order valence-corrected chi connectivity index (χ0v) is 38.4. The molecule has 0 unspecified atom stereocenters. The van der Waals surface area contributed by atoms with Crippen molar-refractivity contribution in [2.75, 3.05) is 0 Å². The Kier molecular flexibility index (Phi) is 14.3. The Morgan fingerprint density at radius 2 is 0.815 bits per heavy atom. The number of aromatic nitrogens is 4. The minimum Gasteiger partial charge on any atom is -0.449 e. The van der Waals surface area contributed by atoms with Crippen LogP contribution in [0.1, 0.15) is 5.56 Å². The molecule has 0 saturated carbocycles. The Bertz CT molecular complexity index is 3010. The van der Waals surface area contributed by atoms with Gasteiger partial charge in [-0.3, -0.25) is 9.97 Å². The van der Waals surface area contributed by atoms with Gasteiger partial charge in [0.25, 0.3) is 0 Å². The summed E-state index contributed by atoms with van der Waals surface area (Å²) in [4.78, 5) is 18.7. The molecule has 0 aliphatic rings. The topological polar surface area (TPSA) is 93.5 Å². The first-order valence-electron chi connectivity index (χ1n) is 21.0. The maximum atomic E-state index is 6.94. The van der Waals surface area contributed by atoms with Crippen molar-refractivity contribution in [3.05, 3.63) is 236 Å². The molecule has 0 saturated heterocycles. The number of hydrogen-bond acceptors (Lipinski definition) is 4. The summed E-state index contributed by atoms with van der Waals surface area (Å²) in [6.07, 6.45) is 3.58. The zero-order valence-electron chi connectivity index (χ0n) is 35.4. The quantitative estimate of drug-likeness (QED) is 0.0817. The van der Waals surface area contributed by atoms with E-state index in [-0.39, 0.29) is 22.5 Å². The van der Waals surface area contributed by atoms with Gasteiger partial charge in [0.05, 0.1) is 11.0 Å². The number of benzene rings is 8. The van der Waals surface area contributed by atoms with E-state index in [2.05, 4.69) is 211 Å². The van der Waals surface area contributed by atoms with Crippen molar-refractivity contribution in [3.63, 3.8) is 0 Å². The van der Waals surface area contributed by atoms with Crippen LogP contribution in [0.2, 0.25) is 0 Å². The molecule has 65 heavy (non-hydrogen) atoms. The smallest absolute Gasteiger partial charge is 0.449 e. The number of rotatable bonds is 9. The summed E-state index contributed by atoms with van der Waals surface area (Å²) in [5.41, 5.74) is 5.75. The van der Waals surface area contributed by atoms with Crippen molar-refractivity contribution >= 4 is 80.5 Å². The van der Waals surface area contributed by atoms with Crippen LogP contribution in [0.4, 0.5) is 0 Å². The predicted octanol–water partition coefficient (Wildman–Crippen LogP) is 9.90. The molecule has 11 rings (SSSR count). The number of fused-ring (bicyclic) bond motifs is 6. The summed E-state index contributed by atoms with van der Waals surface area (Å²) >= 11 is 0. The van der Waals surface area contributed by atoms with E-state index in [1.165, 1.54) is 37.4 Å². The fourth-order valence-electron chi connectivity index (χ4n) is 8.14. The molecule has 0 radical (unpaired) electrons. The summed E-state index contributed by atoms with van der Waals surface area (Å²) in [6, 6.07) is 76.8. The van der Waals surface area contributed by atoms with Gasteiger partial charge in [-0.25, -0.2) is 0 Å². The number of pyridine rings is 2. The molecule has 0 aliphatic heterocycles. The van der Waals surface area contributed by atoms with Gasteiger partial charge in [-0.15, -0.1) is 0 Å². The van der Waals surface area contributed by atoms with E-state index < -0.39 is 15.8 Å². The molecular formula is C56H45CuN4O2P2+2. The number of hydrogen-bond donors (Lipinski definition) is 0. The van der Waals surface area contributed by atoms with Gasteiger partial charge in [0.2, 0.25) is 0 Å². The van der Waals surface area contributed by atoms with Gasteiger partial charge in [0.15, 0.2) is 11.5 Å². The van der Waals surface area contributed by atoms with Crippen molar-refractivity contribution in [1.82, 2.24) is 19.9 Å². The molecule has 0 spiro atoms. The Labute approximate surface area is 391 Å². The maximum Gasteiger partial charge on any atom is 1.00 e. The largest absolute Gasteiger partial charge is 1.00 e. The van der Waals surface area contributed by atoms with Gasteiger partial charge in [-0.2, -0.15) is 0 Å². The summed E-state index contributed by atoms with van der Waals surface area (Å²) < 4.78 is 6.94. The Hall–Kier alpha value is -6.81. The third-order valence-corrected chi connectivity index (χ3v) is 16.6. The number of imidazole rings is 1. The maximum absolute atomic E-state index is 6.94. The molecule has 6 nitrogen and oxygen atoms in total. The number of nitrogens with zero attached hydrogens (tertiary/aromatic N) is 4. The van der Waals surface area contributed by atoms with E-state index in [0.717, 1.165) is 55.7 Å². The average Bonchev–Trinajstić information content (AvgIpc) is 3.81. The summed E-state index contributed by atoms with van der Waals surface area (Å²) in [6.45, 7) is 2.07. The van der Waals surface area contributed by atoms with Crippen molar-refractivity contribution in [2.45, 2.75) is 6.92 Å². The second-order valence-corrected chi connectivity index (χ2v) is 20.1. The van der Waals surface area contributed by atoms with E-state index in [1.807, 2.05) is 24.3 Å². The van der Waals surface area contributed by atoms with Crippen LogP contribution in [0, 0.1) is 6.92 Å². The van der Waals surface area contributed by atoms with Gasteiger partial charge in [-0.1, -0.05) is 145 Å². The standard InChI is InChI=1S/C36H28OP2.C20H13N4.Cu.H2O/c1-5-17-29(18-6-1)38(30-19-7-2-8-20-30)35-27-15-13-25-33(35)37-34-26-14-16-28-36(34)39(31-21-9-3-10-22-31)32-23-11-4-12-24-32;1-12-6-8-13(9-7-12)20-23-18-14-4-2-10-21-16(14)17-15(19(18)24-20)5-3-11-22-17;;/h1-28H;2-11H,1H3;;1H2/q;-1;+1;/p+2. The molecule has 11 aromatic rings. The average molecular weight is 931 g/mol. The molecule has 9 heteroatoms. The third-order valence-electron chi connectivity index (χ3n) is 11.1. The Balaban J connectivity index is 0.000000190. The molecule has 8 aromatic carbocycles. The zero-order chi connectivity index (χ0) is 42.4. The van der Waals surface area contributed by atoms with Crippen LogP contribution in [-0.2, 0) is 17.1 Å². The second kappa shape index (κ2) is 20.8. The molecular weight excluding hydrogens is 886 g/mol. The number of aryl methyl sites for hydroxylation is 1. The fraction of sp³-hybridized carbons (Fsp3) is 0.0179. The third kappa shape index (κ3) is 9.53. The monoisotopic (exact) mass is 930 g/mol. The minimum absolute atomic E-state index is 0. The first-order chi connectivity index (χ1) is 31.2. The van der Waals surface area contributed by atoms with Crippen LogP contribution in [-0.4, -0.2) is 20.4 Å². The van der Waals surface area contributed by atoms with Crippen molar-refractivity contribution in [2.24, 2.45) is 0 Å². The van der Waals surface area contributed by atoms with Gasteiger partial charge in [-0.05, 0) is 108 Å². The molecule has 3 heterocycles. The molecule has 0 atom stereocenters. The SMILES string of the molecule is Cc1ccc(-c2nc3c4cccnc4c4ncccc4c3[n-]2)cc1.O.[Cu+].c1ccc([PH+](c2ccccc2)c2ccccc2Oc2ccccc2[PH+](c2ccccc2)c2ccccc2)cc1. The van der Waals surface area contributed by atoms with Gasteiger partial charge >= 0.3 is 17.1 Å². The van der Waals surface area contributed by atoms with Crippen molar-refractivity contribution in [3.8, 4) is 22.9 Å². The van der Waals surface area contributed by atoms with E-state index in [1.54, 1.807) is 12.4 Å².